The Morgan fingerprint density at radius 2 is 1.90 bits per heavy atom. The summed E-state index contributed by atoms with van der Waals surface area (Å²) < 4.78 is 5.62. The molecule has 4 saturated carbocycles. The van der Waals surface area contributed by atoms with Crippen molar-refractivity contribution in [2.45, 2.75) is 72.0 Å². The molecule has 0 aliphatic heterocycles. The van der Waals surface area contributed by atoms with E-state index in [1.54, 1.807) is 0 Å². The van der Waals surface area contributed by atoms with E-state index in [4.69, 9.17) is 4.74 Å². The number of ether oxygens (including phenoxy) is 1. The molecule has 4 bridgehead atoms. The van der Waals surface area contributed by atoms with Crippen molar-refractivity contribution in [3.05, 3.63) is 0 Å². The molecule has 3 nitrogen and oxygen atoms in total. The lowest BCUT2D eigenvalue weighted by Gasteiger charge is -2.72. The normalized spacial score (nSPS) is 52.7. The van der Waals surface area contributed by atoms with Gasteiger partial charge in [-0.1, -0.05) is 27.7 Å². The Bertz CT molecular complexity index is 444. The minimum absolute atomic E-state index is 0.0191. The van der Waals surface area contributed by atoms with E-state index in [-0.39, 0.29) is 28.8 Å². The highest BCUT2D eigenvalue weighted by Crippen LogP contribution is 2.71. The Morgan fingerprint density at radius 3 is 2.50 bits per heavy atom. The van der Waals surface area contributed by atoms with Crippen LogP contribution in [-0.2, 0) is 9.53 Å². The molecule has 4 rings (SSSR count). The second-order valence-corrected chi connectivity index (χ2v) is 8.32. The molecule has 3 heteroatoms. The summed E-state index contributed by atoms with van der Waals surface area (Å²) in [5.41, 5.74) is -0.920. The van der Waals surface area contributed by atoms with Crippen LogP contribution in [0.5, 0.6) is 0 Å². The van der Waals surface area contributed by atoms with E-state index < -0.39 is 5.60 Å². The van der Waals surface area contributed by atoms with E-state index in [9.17, 15) is 9.90 Å². The number of carbonyl (C=O) groups is 1. The molecule has 0 saturated heterocycles. The summed E-state index contributed by atoms with van der Waals surface area (Å²) in [5.74, 6) is 1.32. The van der Waals surface area contributed by atoms with Crippen molar-refractivity contribution in [3.63, 3.8) is 0 Å². The summed E-state index contributed by atoms with van der Waals surface area (Å²) >= 11 is 0. The summed E-state index contributed by atoms with van der Waals surface area (Å²) in [7, 11) is 0. The number of rotatable bonds is 1. The molecular weight excluding hydrogens is 252 g/mol. The Kier molecular flexibility index (Phi) is 2.87. The third-order valence-electron chi connectivity index (χ3n) is 7.30. The maximum atomic E-state index is 11.5. The molecule has 0 aromatic heterocycles. The van der Waals surface area contributed by atoms with Gasteiger partial charge in [0, 0.05) is 23.7 Å². The lowest BCUT2D eigenvalue weighted by Crippen LogP contribution is -2.74. The molecule has 4 fully saturated rings. The Labute approximate surface area is 122 Å². The fraction of sp³-hybridized carbons (Fsp3) is 0.941. The quantitative estimate of drug-likeness (QED) is 0.751. The average Bonchev–Trinajstić information content (AvgIpc) is 2.31. The van der Waals surface area contributed by atoms with Crippen molar-refractivity contribution in [1.29, 1.82) is 0 Å². The van der Waals surface area contributed by atoms with Gasteiger partial charge in [-0.25, -0.2) is 0 Å². The molecule has 0 aromatic rings. The van der Waals surface area contributed by atoms with E-state index in [0.717, 1.165) is 25.7 Å². The summed E-state index contributed by atoms with van der Waals surface area (Å²) in [6, 6.07) is 0. The maximum Gasteiger partial charge on any atom is 0.302 e. The summed E-state index contributed by atoms with van der Waals surface area (Å²) in [5, 5.41) is 11.5. The topological polar surface area (TPSA) is 46.5 Å². The summed E-state index contributed by atoms with van der Waals surface area (Å²) in [4.78, 5) is 11.4. The van der Waals surface area contributed by atoms with Gasteiger partial charge in [0.1, 0.15) is 6.10 Å². The second-order valence-electron chi connectivity index (χ2n) is 8.32. The zero-order valence-electron chi connectivity index (χ0n) is 13.4. The minimum atomic E-state index is -0.614. The Balaban J connectivity index is 2.05. The van der Waals surface area contributed by atoms with Crippen LogP contribution in [0.4, 0.5) is 0 Å². The van der Waals surface area contributed by atoms with Gasteiger partial charge in [-0.05, 0) is 37.5 Å². The highest BCUT2D eigenvalue weighted by molar-refractivity contribution is 5.66. The maximum absolute atomic E-state index is 11.5. The zero-order chi connectivity index (χ0) is 14.9. The SMILES string of the molecule is CC(=O)OC1C[C@@]2(C)[C@@H]3C[C@@H]1C(C)(C)[C@]2(O)CC[C@@H]3C. The molecule has 4 aliphatic carbocycles. The van der Waals surface area contributed by atoms with Crippen molar-refractivity contribution < 1.29 is 14.6 Å². The van der Waals surface area contributed by atoms with Crippen LogP contribution in [-0.4, -0.2) is 22.8 Å². The number of hydrogen-bond donors (Lipinski definition) is 1. The predicted octanol–water partition coefficient (Wildman–Crippen LogP) is 3.15. The second kappa shape index (κ2) is 4.00. The largest absolute Gasteiger partial charge is 0.462 e. The van der Waals surface area contributed by atoms with Crippen LogP contribution in [0.25, 0.3) is 0 Å². The van der Waals surface area contributed by atoms with Crippen molar-refractivity contribution in [3.8, 4) is 0 Å². The molecule has 0 amide bonds. The van der Waals surface area contributed by atoms with Crippen LogP contribution in [0, 0.1) is 28.6 Å². The first-order chi connectivity index (χ1) is 9.13. The Morgan fingerprint density at radius 1 is 1.25 bits per heavy atom. The first-order valence-corrected chi connectivity index (χ1v) is 8.03. The van der Waals surface area contributed by atoms with Crippen molar-refractivity contribution in [2.24, 2.45) is 28.6 Å². The number of hydrogen-bond acceptors (Lipinski definition) is 3. The van der Waals surface area contributed by atoms with Crippen LogP contribution < -0.4 is 0 Å². The smallest absolute Gasteiger partial charge is 0.302 e. The van der Waals surface area contributed by atoms with Crippen molar-refractivity contribution in [2.75, 3.05) is 0 Å². The van der Waals surface area contributed by atoms with Gasteiger partial charge in [0.25, 0.3) is 0 Å². The van der Waals surface area contributed by atoms with Gasteiger partial charge >= 0.3 is 5.97 Å². The average molecular weight is 280 g/mol. The molecular formula is C17H28O3. The third kappa shape index (κ3) is 1.48. The predicted molar refractivity (Wildman–Crippen MR) is 77.0 cm³/mol. The highest BCUT2D eigenvalue weighted by Gasteiger charge is 2.72. The van der Waals surface area contributed by atoms with Gasteiger partial charge in [0.15, 0.2) is 0 Å². The van der Waals surface area contributed by atoms with Crippen LogP contribution in [0.1, 0.15) is 60.3 Å². The van der Waals surface area contributed by atoms with E-state index in [1.807, 2.05) is 0 Å². The van der Waals surface area contributed by atoms with Crippen molar-refractivity contribution in [1.82, 2.24) is 0 Å². The van der Waals surface area contributed by atoms with E-state index >= 15 is 0 Å². The lowest BCUT2D eigenvalue weighted by atomic mass is 9.35. The molecule has 0 radical (unpaired) electrons. The number of aliphatic hydroxyl groups is 1. The van der Waals surface area contributed by atoms with Crippen LogP contribution >= 0.6 is 0 Å². The number of fused-ring (bicyclic) bond motifs is 1. The molecule has 0 heterocycles. The highest BCUT2D eigenvalue weighted by atomic mass is 16.5. The van der Waals surface area contributed by atoms with Gasteiger partial charge in [-0.2, -0.15) is 0 Å². The molecule has 0 spiro atoms. The van der Waals surface area contributed by atoms with E-state index in [0.29, 0.717) is 11.8 Å². The first-order valence-electron chi connectivity index (χ1n) is 8.03. The Hall–Kier alpha value is -0.570. The summed E-state index contributed by atoms with van der Waals surface area (Å²) in [6.07, 6.45) is 3.90. The third-order valence-corrected chi connectivity index (χ3v) is 7.30. The van der Waals surface area contributed by atoms with Gasteiger partial charge in [-0.15, -0.1) is 0 Å². The van der Waals surface area contributed by atoms with Crippen LogP contribution in [0.3, 0.4) is 0 Å². The molecule has 114 valence electrons. The van der Waals surface area contributed by atoms with Crippen molar-refractivity contribution >= 4 is 5.97 Å². The van der Waals surface area contributed by atoms with Crippen LogP contribution in [0.2, 0.25) is 0 Å². The van der Waals surface area contributed by atoms with E-state index in [2.05, 4.69) is 27.7 Å². The lowest BCUT2D eigenvalue weighted by molar-refractivity contribution is -0.316. The number of carbonyl (C=O) groups excluding carboxylic acids is 1. The molecule has 20 heavy (non-hydrogen) atoms. The standard InChI is InChI=1S/C17H28O3/c1-10-6-7-17(19)15(3,4)13-8-12(10)16(17,5)9-14(13)20-11(2)18/h10,12-14,19H,6-9H2,1-5H3/t10-,12+,13-,14?,16-,17+/m0/s1. The van der Waals surface area contributed by atoms with Gasteiger partial charge in [-0.3, -0.25) is 4.79 Å². The molecule has 1 N–H and O–H groups in total. The first kappa shape index (κ1) is 14.4. The zero-order valence-corrected chi connectivity index (χ0v) is 13.4. The molecule has 6 atom stereocenters. The molecule has 1 unspecified atom stereocenters. The molecule has 0 aromatic carbocycles. The van der Waals surface area contributed by atoms with Crippen LogP contribution in [0.15, 0.2) is 0 Å². The number of esters is 1. The fourth-order valence-corrected chi connectivity index (χ4v) is 6.12. The minimum Gasteiger partial charge on any atom is -0.462 e. The fourth-order valence-electron chi connectivity index (χ4n) is 6.12. The monoisotopic (exact) mass is 280 g/mol. The summed E-state index contributed by atoms with van der Waals surface area (Å²) in [6.45, 7) is 10.4. The van der Waals surface area contributed by atoms with E-state index in [1.165, 1.54) is 6.92 Å². The van der Waals surface area contributed by atoms with Gasteiger partial charge < -0.3 is 9.84 Å². The molecule has 4 aliphatic rings. The van der Waals surface area contributed by atoms with Gasteiger partial charge in [0.05, 0.1) is 5.60 Å². The van der Waals surface area contributed by atoms with Gasteiger partial charge in [0.2, 0.25) is 0 Å².